The second-order valence-corrected chi connectivity index (χ2v) is 16.4. The van der Waals surface area contributed by atoms with Crippen LogP contribution in [-0.2, 0) is 32.3 Å². The van der Waals surface area contributed by atoms with Crippen LogP contribution < -0.4 is 10.2 Å². The summed E-state index contributed by atoms with van der Waals surface area (Å²) in [6, 6.07) is 20.5. The van der Waals surface area contributed by atoms with Crippen LogP contribution in [0.25, 0.3) is 0 Å². The third-order valence-corrected chi connectivity index (χ3v) is 10.8. The van der Waals surface area contributed by atoms with Crippen molar-refractivity contribution < 1.29 is 39.5 Å². The Morgan fingerprint density at radius 2 is 0.763 bits per heavy atom. The normalized spacial score (nSPS) is 13.1. The molecule has 0 spiro atoms. The van der Waals surface area contributed by atoms with Crippen LogP contribution in [0.15, 0.2) is 60.7 Å². The molecule has 4 atom stereocenters. The van der Waals surface area contributed by atoms with Crippen LogP contribution in [0.2, 0.25) is 0 Å². The van der Waals surface area contributed by atoms with E-state index in [2.05, 4.69) is 38.1 Å². The molecule has 2 rings (SSSR count). The Hall–Kier alpha value is -1.21. The molecule has 0 aliphatic carbocycles. The third kappa shape index (κ3) is 38.2. The number of rotatable bonds is 38. The Kier molecular flexibility index (Phi) is 41.2. The maximum Gasteiger partial charge on any atom is 2.00 e. The smallest absolute Gasteiger partial charge is 0.550 e. The molecular weight excluding hydrogens is 866 g/mol. The van der Waals surface area contributed by atoms with Crippen LogP contribution in [0.4, 0.5) is 0 Å². The molecule has 0 fully saturated rings. The van der Waals surface area contributed by atoms with Crippen molar-refractivity contribution in [3.8, 4) is 0 Å². The molecule has 2 N–H and O–H groups in total. The van der Waals surface area contributed by atoms with Crippen molar-refractivity contribution in [1.29, 1.82) is 0 Å². The van der Waals surface area contributed by atoms with Gasteiger partial charge in [0.15, 0.2) is 0 Å². The fourth-order valence-electron chi connectivity index (χ4n) is 7.38. The molecule has 0 aromatic heterocycles. The Morgan fingerprint density at radius 3 is 1.05 bits per heavy atom. The van der Waals surface area contributed by atoms with Crippen molar-refractivity contribution in [1.82, 2.24) is 0 Å². The quantitative estimate of drug-likeness (QED) is 0.0501. The Labute approximate surface area is 400 Å². The van der Waals surface area contributed by atoms with E-state index in [1.54, 1.807) is 0 Å². The van der Waals surface area contributed by atoms with Gasteiger partial charge in [-0.15, -0.1) is 0 Å². The predicted molar refractivity (Wildman–Crippen MR) is 238 cm³/mol. The van der Waals surface area contributed by atoms with Gasteiger partial charge in [0, 0.05) is 11.9 Å². The van der Waals surface area contributed by atoms with E-state index in [0.29, 0.717) is 13.2 Å². The summed E-state index contributed by atoms with van der Waals surface area (Å²) < 4.78 is 12.3. The van der Waals surface area contributed by atoms with Crippen molar-refractivity contribution in [2.24, 2.45) is 0 Å². The van der Waals surface area contributed by atoms with Gasteiger partial charge in [-0.25, -0.2) is 0 Å². The van der Waals surface area contributed by atoms with Gasteiger partial charge in [0.05, 0.1) is 37.6 Å². The molecule has 332 valence electrons. The zero-order chi connectivity index (χ0) is 42.3. The number of aliphatic hydroxyl groups excluding tert-OH is 2. The number of carboxylic acid groups (broad SMARTS) is 2. The summed E-state index contributed by atoms with van der Waals surface area (Å²) in [6.07, 6.45) is 27.5. The summed E-state index contributed by atoms with van der Waals surface area (Å²) in [5.41, 5.74) is 2.36. The first-order valence-electron chi connectivity index (χ1n) is 23.3. The molecule has 2 aromatic rings. The van der Waals surface area contributed by atoms with Crippen LogP contribution in [0.3, 0.4) is 0 Å². The van der Waals surface area contributed by atoms with Gasteiger partial charge in [-0.1, -0.05) is 190 Å². The van der Waals surface area contributed by atoms with Gasteiger partial charge in [-0.05, 0) is 75.3 Å². The van der Waals surface area contributed by atoms with Crippen molar-refractivity contribution in [3.05, 3.63) is 71.8 Å². The molecule has 9 heteroatoms. The van der Waals surface area contributed by atoms with Gasteiger partial charge < -0.3 is 39.5 Å². The first-order valence-corrected chi connectivity index (χ1v) is 23.3. The Morgan fingerprint density at radius 1 is 0.475 bits per heavy atom. The maximum atomic E-state index is 10.4. The minimum atomic E-state index is -0.932. The minimum absolute atomic E-state index is 0. The fourth-order valence-corrected chi connectivity index (χ4v) is 7.38. The summed E-state index contributed by atoms with van der Waals surface area (Å²) in [4.78, 5) is 20.7. The van der Waals surface area contributed by atoms with Gasteiger partial charge in [0.2, 0.25) is 0 Å². The standard InChI is InChI=1S/2C25H42O4.Ba/c2*1-2-15-23(26)20-24(29-21-22-16-11-10-12-17-22)18-13-8-6-4-3-5-7-9-14-19-25(27)28;/h2*10-12,16-17,23-24,26H,2-9,13-15,18-21H2,1H3,(H,27,28);/q;;+2/p-2. The number of aliphatic carboxylic acids is 2. The average molecular weight is 949 g/mol. The van der Waals surface area contributed by atoms with E-state index in [0.717, 1.165) is 103 Å². The van der Waals surface area contributed by atoms with Crippen LogP contribution in [0.5, 0.6) is 0 Å². The molecule has 0 aliphatic rings. The van der Waals surface area contributed by atoms with Crippen LogP contribution in [0.1, 0.15) is 205 Å². The molecule has 0 saturated carbocycles. The number of hydrogen-bond donors (Lipinski definition) is 2. The summed E-state index contributed by atoms with van der Waals surface area (Å²) >= 11 is 0. The number of carbonyl (C=O) groups excluding carboxylic acids is 2. The fraction of sp³-hybridized carbons (Fsp3) is 0.720. The van der Waals surface area contributed by atoms with E-state index < -0.39 is 11.9 Å². The number of carbonyl (C=O) groups is 2. The Bertz CT molecular complexity index is 1110. The van der Waals surface area contributed by atoms with E-state index >= 15 is 0 Å². The number of ether oxygens (including phenoxy) is 2. The Balaban J connectivity index is 0.00000112. The zero-order valence-corrected chi connectivity index (χ0v) is 41.8. The first-order chi connectivity index (χ1) is 28.2. The van der Waals surface area contributed by atoms with Crippen LogP contribution in [-0.4, -0.2) is 95.4 Å². The molecule has 59 heavy (non-hydrogen) atoms. The summed E-state index contributed by atoms with van der Waals surface area (Å²) in [7, 11) is 0. The molecule has 4 unspecified atom stereocenters. The summed E-state index contributed by atoms with van der Waals surface area (Å²) in [5, 5.41) is 41.1. The zero-order valence-electron chi connectivity index (χ0n) is 37.3. The molecule has 0 saturated heterocycles. The molecular formula is C50H82BaO8. The summed E-state index contributed by atoms with van der Waals surface area (Å²) in [6.45, 7) is 5.43. The molecule has 8 nitrogen and oxygen atoms in total. The monoisotopic (exact) mass is 949 g/mol. The average Bonchev–Trinajstić information content (AvgIpc) is 3.20. The predicted octanol–water partition coefficient (Wildman–Crippen LogP) is 9.95. The first kappa shape index (κ1) is 57.8. The number of hydrogen-bond acceptors (Lipinski definition) is 8. The number of carboxylic acids is 2. The van der Waals surface area contributed by atoms with E-state index in [9.17, 15) is 30.0 Å². The molecule has 0 aliphatic heterocycles. The van der Waals surface area contributed by atoms with E-state index in [1.807, 2.05) is 36.4 Å². The number of benzene rings is 2. The van der Waals surface area contributed by atoms with Crippen LogP contribution in [0, 0.1) is 0 Å². The third-order valence-electron chi connectivity index (χ3n) is 10.8. The second-order valence-electron chi connectivity index (χ2n) is 16.4. The van der Waals surface area contributed by atoms with Gasteiger partial charge in [-0.3, -0.25) is 0 Å². The second kappa shape index (κ2) is 42.1. The topological polar surface area (TPSA) is 139 Å². The molecule has 0 bridgehead atoms. The molecule has 0 radical (unpaired) electrons. The van der Waals surface area contributed by atoms with Crippen molar-refractivity contribution in [2.45, 2.75) is 231 Å². The van der Waals surface area contributed by atoms with E-state index in [4.69, 9.17) is 9.47 Å². The minimum Gasteiger partial charge on any atom is -0.550 e. The number of aliphatic hydroxyl groups is 2. The number of unbranched alkanes of at least 4 members (excludes halogenated alkanes) is 16. The van der Waals surface area contributed by atoms with Gasteiger partial charge in [-0.2, -0.15) is 0 Å². The van der Waals surface area contributed by atoms with Crippen LogP contribution >= 0.6 is 0 Å². The van der Waals surface area contributed by atoms with Gasteiger partial charge in [0.25, 0.3) is 0 Å². The van der Waals surface area contributed by atoms with Gasteiger partial charge in [0.1, 0.15) is 0 Å². The SMILES string of the molecule is CCCC(O)CC(CCCCCCCCCCCC(=O)[O-])OCc1ccccc1.CCCC(O)CC(CCCCCCCCCCCC(=O)[O-])OCc1ccccc1.[Ba+2]. The summed E-state index contributed by atoms with van der Waals surface area (Å²) in [5.74, 6) is -1.86. The van der Waals surface area contributed by atoms with Gasteiger partial charge >= 0.3 is 48.9 Å². The van der Waals surface area contributed by atoms with Crippen molar-refractivity contribution in [3.63, 3.8) is 0 Å². The maximum absolute atomic E-state index is 10.4. The van der Waals surface area contributed by atoms with E-state index in [1.165, 1.54) is 75.3 Å². The molecule has 2 aromatic carbocycles. The van der Waals surface area contributed by atoms with Crippen molar-refractivity contribution in [2.75, 3.05) is 0 Å². The molecule has 0 amide bonds. The molecule has 0 heterocycles. The van der Waals surface area contributed by atoms with Crippen molar-refractivity contribution >= 4 is 60.8 Å². The van der Waals surface area contributed by atoms with E-state index in [-0.39, 0.29) is 86.1 Å². The largest absolute Gasteiger partial charge is 2.00 e.